The van der Waals surface area contributed by atoms with Gasteiger partial charge in [-0.25, -0.2) is 0 Å². The standard InChI is InChI=1S/C16H26/c1-14-12-15-10-8-6-4-2-3-5-7-9-11-16(15)13-14/h6,8,10,14,16H,2-5,7,9,11-13H2,1H3. The quantitative estimate of drug-likeness (QED) is 0.520. The molecule has 2 aliphatic carbocycles. The highest BCUT2D eigenvalue weighted by Gasteiger charge is 2.25. The zero-order chi connectivity index (χ0) is 11.2. The van der Waals surface area contributed by atoms with Gasteiger partial charge in [-0.3, -0.25) is 0 Å². The Bertz CT molecular complexity index is 259. The van der Waals surface area contributed by atoms with Crippen LogP contribution in [0.25, 0.3) is 0 Å². The molecule has 0 N–H and O–H groups in total. The molecule has 0 aromatic carbocycles. The molecule has 0 bridgehead atoms. The largest absolute Gasteiger partial charge is 0.0845 e. The van der Waals surface area contributed by atoms with Crippen molar-refractivity contribution in [2.45, 2.75) is 64.7 Å². The summed E-state index contributed by atoms with van der Waals surface area (Å²) in [6.07, 6.45) is 19.8. The molecule has 2 unspecified atom stereocenters. The molecule has 0 spiro atoms. The van der Waals surface area contributed by atoms with E-state index in [-0.39, 0.29) is 0 Å². The monoisotopic (exact) mass is 218 g/mol. The summed E-state index contributed by atoms with van der Waals surface area (Å²) in [4.78, 5) is 0. The molecule has 2 rings (SSSR count). The van der Waals surface area contributed by atoms with Crippen molar-refractivity contribution in [3.8, 4) is 0 Å². The maximum Gasteiger partial charge on any atom is -0.0197 e. The lowest BCUT2D eigenvalue weighted by Crippen LogP contribution is -1.97. The Morgan fingerprint density at radius 3 is 2.81 bits per heavy atom. The molecule has 0 aromatic rings. The molecule has 2 atom stereocenters. The molecule has 0 saturated heterocycles. The first kappa shape index (κ1) is 12.0. The van der Waals surface area contributed by atoms with Gasteiger partial charge in [-0.2, -0.15) is 0 Å². The molecule has 0 heteroatoms. The van der Waals surface area contributed by atoms with E-state index in [2.05, 4.69) is 25.2 Å². The summed E-state index contributed by atoms with van der Waals surface area (Å²) in [6.45, 7) is 2.41. The van der Waals surface area contributed by atoms with Gasteiger partial charge >= 0.3 is 0 Å². The number of hydrogen-bond donors (Lipinski definition) is 0. The van der Waals surface area contributed by atoms with Crippen molar-refractivity contribution in [3.63, 3.8) is 0 Å². The minimum absolute atomic E-state index is 0.916. The second-order valence-electron chi connectivity index (χ2n) is 5.76. The van der Waals surface area contributed by atoms with Crippen LogP contribution >= 0.6 is 0 Å². The predicted molar refractivity (Wildman–Crippen MR) is 71.4 cm³/mol. The van der Waals surface area contributed by atoms with E-state index in [9.17, 15) is 0 Å². The van der Waals surface area contributed by atoms with Crippen LogP contribution in [0.1, 0.15) is 64.7 Å². The first-order chi connectivity index (χ1) is 7.86. The fourth-order valence-electron chi connectivity index (χ4n) is 3.27. The third-order valence-electron chi connectivity index (χ3n) is 4.17. The summed E-state index contributed by atoms with van der Waals surface area (Å²) in [5, 5.41) is 0. The van der Waals surface area contributed by atoms with Crippen LogP contribution in [0.2, 0.25) is 0 Å². The number of allylic oxidation sites excluding steroid dienone is 4. The van der Waals surface area contributed by atoms with Gasteiger partial charge in [-0.15, -0.1) is 0 Å². The Hall–Kier alpha value is -0.520. The average Bonchev–Trinajstić information content (AvgIpc) is 2.59. The lowest BCUT2D eigenvalue weighted by atomic mass is 9.94. The van der Waals surface area contributed by atoms with Crippen LogP contribution in [0.3, 0.4) is 0 Å². The summed E-state index contributed by atoms with van der Waals surface area (Å²) in [7, 11) is 0. The molecule has 2 aliphatic rings. The Balaban J connectivity index is 1.99. The highest BCUT2D eigenvalue weighted by molar-refractivity contribution is 5.19. The first-order valence-electron chi connectivity index (χ1n) is 7.22. The molecular weight excluding hydrogens is 192 g/mol. The number of rotatable bonds is 0. The SMILES string of the molecule is CC1CC2=CC=CCCCCCCCC2C1. The normalized spacial score (nSPS) is 32.4. The van der Waals surface area contributed by atoms with Gasteiger partial charge in [0.05, 0.1) is 0 Å². The highest BCUT2D eigenvalue weighted by Crippen LogP contribution is 2.38. The fraction of sp³-hybridized carbons (Fsp3) is 0.750. The maximum absolute atomic E-state index is 2.43. The van der Waals surface area contributed by atoms with Gasteiger partial charge in [0.25, 0.3) is 0 Å². The smallest absolute Gasteiger partial charge is 0.0197 e. The maximum atomic E-state index is 2.43. The van der Waals surface area contributed by atoms with Gasteiger partial charge in [-0.1, -0.05) is 56.4 Å². The Morgan fingerprint density at radius 2 is 1.88 bits per heavy atom. The van der Waals surface area contributed by atoms with Crippen molar-refractivity contribution in [1.82, 2.24) is 0 Å². The molecule has 1 saturated carbocycles. The number of fused-ring (bicyclic) bond motifs is 1. The van der Waals surface area contributed by atoms with Crippen molar-refractivity contribution < 1.29 is 0 Å². The first-order valence-corrected chi connectivity index (χ1v) is 7.22. The van der Waals surface area contributed by atoms with E-state index >= 15 is 0 Å². The van der Waals surface area contributed by atoms with E-state index in [1.807, 2.05) is 0 Å². The van der Waals surface area contributed by atoms with Crippen LogP contribution in [0.5, 0.6) is 0 Å². The zero-order valence-electron chi connectivity index (χ0n) is 10.8. The molecule has 0 nitrogen and oxygen atoms in total. The summed E-state index contributed by atoms with van der Waals surface area (Å²) >= 11 is 0. The van der Waals surface area contributed by atoms with E-state index < -0.39 is 0 Å². The van der Waals surface area contributed by atoms with Crippen LogP contribution in [0.4, 0.5) is 0 Å². The molecule has 0 aromatic heterocycles. The molecule has 0 heterocycles. The van der Waals surface area contributed by atoms with Crippen molar-refractivity contribution in [2.24, 2.45) is 11.8 Å². The van der Waals surface area contributed by atoms with Crippen LogP contribution in [0.15, 0.2) is 23.8 Å². The highest BCUT2D eigenvalue weighted by atomic mass is 14.3. The topological polar surface area (TPSA) is 0 Å². The minimum atomic E-state index is 0.916. The molecule has 0 radical (unpaired) electrons. The predicted octanol–water partition coefficient (Wildman–Crippen LogP) is 5.26. The van der Waals surface area contributed by atoms with Crippen LogP contribution in [-0.4, -0.2) is 0 Å². The van der Waals surface area contributed by atoms with Gasteiger partial charge in [-0.05, 0) is 43.9 Å². The van der Waals surface area contributed by atoms with Gasteiger partial charge < -0.3 is 0 Å². The summed E-state index contributed by atoms with van der Waals surface area (Å²) in [5.74, 6) is 1.84. The summed E-state index contributed by atoms with van der Waals surface area (Å²) < 4.78 is 0. The zero-order valence-corrected chi connectivity index (χ0v) is 10.8. The third kappa shape index (κ3) is 3.50. The van der Waals surface area contributed by atoms with E-state index in [0.717, 1.165) is 11.8 Å². The van der Waals surface area contributed by atoms with Gasteiger partial charge in [0, 0.05) is 0 Å². The van der Waals surface area contributed by atoms with E-state index in [0.29, 0.717) is 0 Å². The van der Waals surface area contributed by atoms with Gasteiger partial charge in [0.15, 0.2) is 0 Å². The van der Waals surface area contributed by atoms with Crippen LogP contribution in [-0.2, 0) is 0 Å². The average molecular weight is 218 g/mol. The molecule has 90 valence electrons. The van der Waals surface area contributed by atoms with Crippen LogP contribution < -0.4 is 0 Å². The second-order valence-corrected chi connectivity index (χ2v) is 5.76. The van der Waals surface area contributed by atoms with E-state index in [4.69, 9.17) is 0 Å². The Labute approximate surface area is 101 Å². The van der Waals surface area contributed by atoms with Crippen molar-refractivity contribution in [3.05, 3.63) is 23.8 Å². The molecule has 16 heavy (non-hydrogen) atoms. The van der Waals surface area contributed by atoms with Crippen molar-refractivity contribution >= 4 is 0 Å². The van der Waals surface area contributed by atoms with E-state index in [1.54, 1.807) is 5.57 Å². The lowest BCUT2D eigenvalue weighted by Gasteiger charge is -2.12. The van der Waals surface area contributed by atoms with Gasteiger partial charge in [0.1, 0.15) is 0 Å². The summed E-state index contributed by atoms with van der Waals surface area (Å²) in [5.41, 5.74) is 1.74. The molecular formula is C16H26. The van der Waals surface area contributed by atoms with Gasteiger partial charge in [0.2, 0.25) is 0 Å². The third-order valence-corrected chi connectivity index (χ3v) is 4.17. The summed E-state index contributed by atoms with van der Waals surface area (Å²) in [6, 6.07) is 0. The fourth-order valence-corrected chi connectivity index (χ4v) is 3.27. The van der Waals surface area contributed by atoms with Crippen molar-refractivity contribution in [2.75, 3.05) is 0 Å². The number of hydrogen-bond acceptors (Lipinski definition) is 0. The minimum Gasteiger partial charge on any atom is -0.0845 e. The Kier molecular flexibility index (Phi) is 4.69. The van der Waals surface area contributed by atoms with Crippen LogP contribution in [0, 0.1) is 11.8 Å². The Morgan fingerprint density at radius 1 is 1.06 bits per heavy atom. The molecule has 0 aliphatic heterocycles. The second kappa shape index (κ2) is 6.27. The van der Waals surface area contributed by atoms with Crippen molar-refractivity contribution in [1.29, 1.82) is 0 Å². The molecule has 0 amide bonds. The lowest BCUT2D eigenvalue weighted by molar-refractivity contribution is 0.476. The molecule has 1 fully saturated rings. The van der Waals surface area contributed by atoms with E-state index in [1.165, 1.54) is 57.8 Å².